The smallest absolute Gasteiger partial charge is 0.0883 e. The molecule has 366 valence electrons. The van der Waals surface area contributed by atoms with E-state index in [2.05, 4.69) is 246 Å². The van der Waals surface area contributed by atoms with Crippen molar-refractivity contribution in [3.8, 4) is 0 Å². The lowest BCUT2D eigenvalue weighted by molar-refractivity contribution is 0.195. The number of rotatable bonds is 7. The quantitative estimate of drug-likeness (QED) is 0.161. The van der Waals surface area contributed by atoms with E-state index < -0.39 is 0 Å². The molecule has 69 heavy (non-hydrogen) atoms. The van der Waals surface area contributed by atoms with E-state index in [1.54, 1.807) is 0 Å². The number of nitrogens with zero attached hydrogens (tertiary/aromatic N) is 3. The molecule has 5 aromatic rings. The summed E-state index contributed by atoms with van der Waals surface area (Å²) >= 11 is 10.4. The van der Waals surface area contributed by atoms with Crippen LogP contribution >= 0.6 is 23.4 Å². The maximum atomic E-state index is 8.30. The fourth-order valence-corrected chi connectivity index (χ4v) is 14.2. The van der Waals surface area contributed by atoms with E-state index in [-0.39, 0.29) is 42.8 Å². The number of benzene rings is 5. The van der Waals surface area contributed by atoms with Gasteiger partial charge in [0, 0.05) is 49.7 Å². The minimum absolute atomic E-state index is 0.0174. The molecule has 2 fully saturated rings. The minimum Gasteiger partial charge on any atom is -0.333 e. The van der Waals surface area contributed by atoms with Crippen LogP contribution in [0.3, 0.4) is 0 Å². The highest BCUT2D eigenvalue weighted by molar-refractivity contribution is 8.03. The number of hydrogen-bond donors (Lipinski definition) is 0. The molecule has 0 aromatic heterocycles. The molecule has 4 unspecified atom stereocenters. The van der Waals surface area contributed by atoms with Crippen molar-refractivity contribution < 1.29 is 0 Å². The molecule has 9 rings (SSSR count). The van der Waals surface area contributed by atoms with Crippen LogP contribution in [0.25, 0.3) is 0 Å². The van der Waals surface area contributed by atoms with Crippen molar-refractivity contribution in [1.82, 2.24) is 0 Å². The van der Waals surface area contributed by atoms with Gasteiger partial charge in [-0.1, -0.05) is 171 Å². The Hall–Kier alpha value is -4.12. The fourth-order valence-electron chi connectivity index (χ4n) is 12.5. The molecule has 2 aliphatic carbocycles. The summed E-state index contributed by atoms with van der Waals surface area (Å²) in [5.74, 6) is 0. The van der Waals surface area contributed by atoms with E-state index in [4.69, 9.17) is 11.6 Å². The van der Waals surface area contributed by atoms with Crippen LogP contribution in [0.4, 0.5) is 39.8 Å². The van der Waals surface area contributed by atoms with Crippen LogP contribution in [0.1, 0.15) is 190 Å². The van der Waals surface area contributed by atoms with Crippen LogP contribution in [-0.4, -0.2) is 10.3 Å². The second-order valence-electron chi connectivity index (χ2n) is 26.4. The molecule has 5 heteroatoms. The maximum Gasteiger partial charge on any atom is 0.0883 e. The Kier molecular flexibility index (Phi) is 12.3. The van der Waals surface area contributed by atoms with Crippen LogP contribution in [-0.2, 0) is 27.1 Å². The Morgan fingerprint density at radius 1 is 0.464 bits per heavy atom. The number of thioether (sulfide) groups is 1. The summed E-state index contributed by atoms with van der Waals surface area (Å²) < 4.78 is 0.126. The lowest BCUT2D eigenvalue weighted by Crippen LogP contribution is -2.54. The number of anilines is 7. The van der Waals surface area contributed by atoms with E-state index >= 15 is 0 Å². The van der Waals surface area contributed by atoms with E-state index in [1.807, 2.05) is 0 Å². The molecule has 4 atom stereocenters. The van der Waals surface area contributed by atoms with Gasteiger partial charge in [-0.2, -0.15) is 0 Å². The van der Waals surface area contributed by atoms with Crippen molar-refractivity contribution in [2.45, 2.75) is 200 Å². The normalized spacial score (nSPS) is 24.9. The Labute approximate surface area is 427 Å². The van der Waals surface area contributed by atoms with Crippen LogP contribution in [0.15, 0.2) is 114 Å². The third-order valence-corrected chi connectivity index (χ3v) is 19.6. The summed E-state index contributed by atoms with van der Waals surface area (Å²) in [6, 6.07) is 40.2. The molecule has 0 bridgehead atoms. The first-order valence-corrected chi connectivity index (χ1v) is 27.5. The SMILES string of the molecule is CC(C)(C)c1ccc(N(C2=CSC3(C)CCCCC23C)c2cc(C(C)(C)C)cc(N3c4ccc(N(c5ccc(C(C)(C)C)cc5)c5ccc(C(C)(C)C)cc5)cc4C4(C)CCCCC34C)c2Cl)cc1. The lowest BCUT2D eigenvalue weighted by Gasteiger charge is -2.51. The molecular weight excluding hydrogens is 878 g/mol. The average Bonchev–Trinajstić information content (AvgIpc) is 3.66. The van der Waals surface area contributed by atoms with Crippen molar-refractivity contribution in [3.05, 3.63) is 147 Å². The molecule has 2 saturated carbocycles. The zero-order valence-electron chi connectivity index (χ0n) is 45.2. The van der Waals surface area contributed by atoms with Gasteiger partial charge in [0.1, 0.15) is 0 Å². The second kappa shape index (κ2) is 17.0. The van der Waals surface area contributed by atoms with Crippen LogP contribution in [0, 0.1) is 5.41 Å². The largest absolute Gasteiger partial charge is 0.333 e. The summed E-state index contributed by atoms with van der Waals surface area (Å²) in [6.07, 6.45) is 9.51. The van der Waals surface area contributed by atoms with Gasteiger partial charge in [-0.25, -0.2) is 0 Å². The van der Waals surface area contributed by atoms with Gasteiger partial charge < -0.3 is 14.7 Å². The monoisotopic (exact) mass is 960 g/mol. The summed E-state index contributed by atoms with van der Waals surface area (Å²) in [5, 5.41) is 3.33. The standard InChI is InChI=1S/C64H82ClN3S/c1-57(2,3)43-21-27-47(28-22-43)66(48-29-23-44(24-30-48)58(4,5)6)50-33-34-52-51(41-50)61(13)35-17-19-37-63(61,15)68(52)54-40-46(60(10,11)12)39-53(56(54)65)67(49-31-25-45(26-32-49)59(7,8)9)55-42-69-64(16)38-20-18-36-62(55,64)14/h21-34,39-42H,17-20,35-38H2,1-16H3. The molecule has 4 aliphatic rings. The first-order valence-electron chi connectivity index (χ1n) is 26.2. The highest BCUT2D eigenvalue weighted by atomic mass is 35.5. The Morgan fingerprint density at radius 3 is 1.39 bits per heavy atom. The third kappa shape index (κ3) is 8.38. The molecule has 0 radical (unpaired) electrons. The predicted molar refractivity (Wildman–Crippen MR) is 303 cm³/mol. The van der Waals surface area contributed by atoms with Gasteiger partial charge in [0.2, 0.25) is 0 Å². The first-order chi connectivity index (χ1) is 32.1. The van der Waals surface area contributed by atoms with Crippen molar-refractivity contribution in [1.29, 1.82) is 0 Å². The maximum absolute atomic E-state index is 8.30. The highest BCUT2D eigenvalue weighted by Crippen LogP contribution is 2.66. The van der Waals surface area contributed by atoms with Gasteiger partial charge in [0.15, 0.2) is 0 Å². The zero-order valence-corrected chi connectivity index (χ0v) is 46.7. The van der Waals surface area contributed by atoms with Crippen LogP contribution in [0.2, 0.25) is 5.02 Å². The average molecular weight is 961 g/mol. The van der Waals surface area contributed by atoms with Gasteiger partial charge in [0.25, 0.3) is 0 Å². The molecule has 0 N–H and O–H groups in total. The molecule has 2 heterocycles. The van der Waals surface area contributed by atoms with E-state index in [1.165, 1.54) is 100 Å². The van der Waals surface area contributed by atoms with Gasteiger partial charge in [-0.05, 0) is 161 Å². The number of hydrogen-bond acceptors (Lipinski definition) is 4. The molecule has 0 saturated heterocycles. The number of fused-ring (bicyclic) bond motifs is 4. The van der Waals surface area contributed by atoms with Crippen LogP contribution < -0.4 is 14.7 Å². The Morgan fingerprint density at radius 2 is 0.899 bits per heavy atom. The summed E-state index contributed by atoms with van der Waals surface area (Å²) in [4.78, 5) is 7.79. The molecular formula is C64H82ClN3S. The molecule has 0 spiro atoms. The lowest BCUT2D eigenvalue weighted by atomic mass is 9.61. The Balaban J connectivity index is 1.25. The third-order valence-electron chi connectivity index (χ3n) is 17.7. The fraction of sp³-hybridized carbons (Fsp3) is 0.500. The predicted octanol–water partition coefficient (Wildman–Crippen LogP) is 19.8. The summed E-state index contributed by atoms with van der Waals surface area (Å²) in [6.45, 7) is 38.0. The molecule has 0 amide bonds. The van der Waals surface area contributed by atoms with Crippen molar-refractivity contribution in [2.75, 3.05) is 14.7 Å². The van der Waals surface area contributed by atoms with Gasteiger partial charge in [-0.15, -0.1) is 11.8 Å². The summed E-state index contributed by atoms with van der Waals surface area (Å²) in [5.41, 5.74) is 16.0. The first kappa shape index (κ1) is 49.8. The molecule has 5 aromatic carbocycles. The highest BCUT2D eigenvalue weighted by Gasteiger charge is 2.59. The van der Waals surface area contributed by atoms with E-state index in [0.717, 1.165) is 29.2 Å². The molecule has 2 aliphatic heterocycles. The van der Waals surface area contributed by atoms with Crippen molar-refractivity contribution in [3.63, 3.8) is 0 Å². The van der Waals surface area contributed by atoms with Crippen LogP contribution in [0.5, 0.6) is 0 Å². The Bertz CT molecular complexity index is 2700. The molecule has 3 nitrogen and oxygen atoms in total. The van der Waals surface area contributed by atoms with Gasteiger partial charge in [0.05, 0.1) is 21.9 Å². The number of allylic oxidation sites excluding steroid dienone is 1. The van der Waals surface area contributed by atoms with E-state index in [0.29, 0.717) is 0 Å². The number of halogens is 1. The summed E-state index contributed by atoms with van der Waals surface area (Å²) in [7, 11) is 0. The second-order valence-corrected chi connectivity index (χ2v) is 28.1. The topological polar surface area (TPSA) is 9.72 Å². The van der Waals surface area contributed by atoms with Gasteiger partial charge >= 0.3 is 0 Å². The zero-order chi connectivity index (χ0) is 49.9. The van der Waals surface area contributed by atoms with Crippen molar-refractivity contribution >= 4 is 63.2 Å². The minimum atomic E-state index is -0.216. The van der Waals surface area contributed by atoms with E-state index in [9.17, 15) is 0 Å². The van der Waals surface area contributed by atoms with Gasteiger partial charge in [-0.3, -0.25) is 0 Å². The van der Waals surface area contributed by atoms with Crippen molar-refractivity contribution in [2.24, 2.45) is 5.41 Å².